The highest BCUT2D eigenvalue weighted by molar-refractivity contribution is 5.92. The summed E-state index contributed by atoms with van der Waals surface area (Å²) in [5.74, 6) is -1.69. The van der Waals surface area contributed by atoms with Crippen molar-refractivity contribution in [3.8, 4) is 0 Å². The van der Waals surface area contributed by atoms with E-state index in [2.05, 4.69) is 15.6 Å². The van der Waals surface area contributed by atoms with Gasteiger partial charge in [0.15, 0.2) is 0 Å². The number of benzene rings is 1. The van der Waals surface area contributed by atoms with Gasteiger partial charge in [-0.05, 0) is 38.4 Å². The van der Waals surface area contributed by atoms with Gasteiger partial charge in [-0.1, -0.05) is 6.07 Å². The summed E-state index contributed by atoms with van der Waals surface area (Å²) in [7, 11) is 3.82. The Kier molecular flexibility index (Phi) is 5.59. The van der Waals surface area contributed by atoms with Crippen molar-refractivity contribution < 1.29 is 13.6 Å². The Bertz CT molecular complexity index is 654. The van der Waals surface area contributed by atoms with E-state index in [-0.39, 0.29) is 17.3 Å². The van der Waals surface area contributed by atoms with Crippen molar-refractivity contribution in [1.82, 2.24) is 15.2 Å². The van der Waals surface area contributed by atoms with Crippen LogP contribution in [0.1, 0.15) is 10.5 Å². The quantitative estimate of drug-likeness (QED) is 0.858. The Hall–Kier alpha value is -2.54. The lowest BCUT2D eigenvalue weighted by atomic mass is 10.2. The minimum absolute atomic E-state index is 0.239. The molecule has 0 saturated heterocycles. The number of pyridine rings is 1. The number of rotatable bonds is 6. The van der Waals surface area contributed by atoms with Crippen LogP contribution >= 0.6 is 0 Å². The van der Waals surface area contributed by atoms with Gasteiger partial charge in [0.1, 0.15) is 23.0 Å². The summed E-state index contributed by atoms with van der Waals surface area (Å²) in [5.41, 5.74) is 0.375. The number of nitrogens with one attached hydrogen (secondary N) is 2. The molecule has 0 unspecified atom stereocenters. The number of anilines is 2. The van der Waals surface area contributed by atoms with Crippen molar-refractivity contribution in [3.63, 3.8) is 0 Å². The second-order valence-corrected chi connectivity index (χ2v) is 5.21. The first kappa shape index (κ1) is 16.8. The molecule has 1 aromatic carbocycles. The summed E-state index contributed by atoms with van der Waals surface area (Å²) in [6, 6.07) is 6.64. The molecule has 122 valence electrons. The van der Waals surface area contributed by atoms with Gasteiger partial charge in [0.2, 0.25) is 0 Å². The van der Waals surface area contributed by atoms with Gasteiger partial charge in [-0.25, -0.2) is 13.8 Å². The van der Waals surface area contributed by atoms with E-state index in [0.717, 1.165) is 18.7 Å². The molecule has 0 saturated carbocycles. The van der Waals surface area contributed by atoms with E-state index in [1.165, 1.54) is 18.3 Å². The van der Waals surface area contributed by atoms with Crippen molar-refractivity contribution >= 4 is 17.3 Å². The Labute approximate surface area is 133 Å². The van der Waals surface area contributed by atoms with E-state index in [1.54, 1.807) is 6.07 Å². The highest BCUT2D eigenvalue weighted by Gasteiger charge is 2.10. The highest BCUT2D eigenvalue weighted by Crippen LogP contribution is 2.22. The van der Waals surface area contributed by atoms with E-state index in [1.807, 2.05) is 19.0 Å². The predicted molar refractivity (Wildman–Crippen MR) is 84.8 cm³/mol. The number of carbonyl (C=O) groups is 1. The van der Waals surface area contributed by atoms with E-state index in [9.17, 15) is 13.6 Å². The second kappa shape index (κ2) is 7.64. The summed E-state index contributed by atoms with van der Waals surface area (Å²) in [4.78, 5) is 17.8. The lowest BCUT2D eigenvalue weighted by Gasteiger charge is -2.11. The van der Waals surface area contributed by atoms with Crippen LogP contribution in [0.4, 0.5) is 20.2 Å². The summed E-state index contributed by atoms with van der Waals surface area (Å²) in [5, 5.41) is 5.35. The number of amides is 1. The second-order valence-electron chi connectivity index (χ2n) is 5.21. The van der Waals surface area contributed by atoms with Gasteiger partial charge in [-0.15, -0.1) is 0 Å². The molecular weight excluding hydrogens is 302 g/mol. The zero-order chi connectivity index (χ0) is 16.8. The Morgan fingerprint density at radius 3 is 2.43 bits per heavy atom. The van der Waals surface area contributed by atoms with Crippen LogP contribution < -0.4 is 10.6 Å². The van der Waals surface area contributed by atoms with E-state index in [0.29, 0.717) is 12.2 Å². The third kappa shape index (κ3) is 4.72. The number of likely N-dealkylation sites (N-methyl/N-ethyl adjacent to an activating group) is 1. The topological polar surface area (TPSA) is 57.3 Å². The first-order valence-electron chi connectivity index (χ1n) is 7.07. The molecule has 23 heavy (non-hydrogen) atoms. The number of hydrogen-bond acceptors (Lipinski definition) is 4. The van der Waals surface area contributed by atoms with Crippen LogP contribution in [0, 0.1) is 11.6 Å². The summed E-state index contributed by atoms with van der Waals surface area (Å²) in [6.07, 6.45) is 1.35. The Morgan fingerprint density at radius 2 is 1.87 bits per heavy atom. The number of halogens is 2. The number of para-hydroxylation sites is 1. The molecule has 2 aromatic rings. The average molecular weight is 320 g/mol. The Balaban J connectivity index is 2.01. The minimum Gasteiger partial charge on any atom is -0.349 e. The van der Waals surface area contributed by atoms with E-state index >= 15 is 0 Å². The number of hydrogen-bond donors (Lipinski definition) is 2. The largest absolute Gasteiger partial charge is 0.349 e. The van der Waals surface area contributed by atoms with Gasteiger partial charge in [0, 0.05) is 13.1 Å². The van der Waals surface area contributed by atoms with Gasteiger partial charge < -0.3 is 15.5 Å². The molecule has 0 spiro atoms. The molecule has 0 atom stereocenters. The highest BCUT2D eigenvalue weighted by atomic mass is 19.1. The molecule has 0 aliphatic rings. The number of aromatic nitrogens is 1. The fraction of sp³-hybridized carbons (Fsp3) is 0.250. The van der Waals surface area contributed by atoms with Crippen LogP contribution in [0.25, 0.3) is 0 Å². The molecule has 5 nitrogen and oxygen atoms in total. The number of nitrogens with zero attached hydrogens (tertiary/aromatic N) is 2. The molecule has 7 heteroatoms. The maximum Gasteiger partial charge on any atom is 0.269 e. The first-order valence-corrected chi connectivity index (χ1v) is 7.07. The maximum absolute atomic E-state index is 13.6. The van der Waals surface area contributed by atoms with Gasteiger partial charge in [0.25, 0.3) is 5.91 Å². The van der Waals surface area contributed by atoms with Crippen molar-refractivity contribution in [3.05, 3.63) is 53.9 Å². The molecule has 0 bridgehead atoms. The molecule has 1 heterocycles. The van der Waals surface area contributed by atoms with Gasteiger partial charge in [-0.3, -0.25) is 4.79 Å². The zero-order valence-corrected chi connectivity index (χ0v) is 12.9. The maximum atomic E-state index is 13.6. The summed E-state index contributed by atoms with van der Waals surface area (Å²) >= 11 is 0. The molecule has 0 aliphatic carbocycles. The molecular formula is C16H18F2N4O. The fourth-order valence-electron chi connectivity index (χ4n) is 1.85. The van der Waals surface area contributed by atoms with E-state index < -0.39 is 11.6 Å². The van der Waals surface area contributed by atoms with Crippen LogP contribution in [-0.2, 0) is 0 Å². The molecule has 0 aliphatic heterocycles. The van der Waals surface area contributed by atoms with Crippen molar-refractivity contribution in [2.75, 3.05) is 32.5 Å². The SMILES string of the molecule is CN(C)CCNC(=O)c1ccc(Nc2c(F)cccc2F)cn1. The monoisotopic (exact) mass is 320 g/mol. The Morgan fingerprint density at radius 1 is 1.17 bits per heavy atom. The minimum atomic E-state index is -0.699. The van der Waals surface area contributed by atoms with Crippen molar-refractivity contribution in [1.29, 1.82) is 0 Å². The molecule has 0 fully saturated rings. The van der Waals surface area contributed by atoms with Crippen molar-refractivity contribution in [2.45, 2.75) is 0 Å². The molecule has 1 aromatic heterocycles. The van der Waals surface area contributed by atoms with Crippen molar-refractivity contribution in [2.24, 2.45) is 0 Å². The molecule has 2 N–H and O–H groups in total. The average Bonchev–Trinajstić information content (AvgIpc) is 2.51. The number of carbonyl (C=O) groups excluding carboxylic acids is 1. The van der Waals surface area contributed by atoms with Crippen LogP contribution in [0.3, 0.4) is 0 Å². The lowest BCUT2D eigenvalue weighted by molar-refractivity contribution is 0.0946. The van der Waals surface area contributed by atoms with Gasteiger partial charge in [0.05, 0.1) is 11.9 Å². The normalized spacial score (nSPS) is 10.7. The molecule has 1 amide bonds. The third-order valence-electron chi connectivity index (χ3n) is 3.07. The summed E-state index contributed by atoms with van der Waals surface area (Å²) < 4.78 is 27.1. The first-order chi connectivity index (χ1) is 11.0. The van der Waals surface area contributed by atoms with Gasteiger partial charge >= 0.3 is 0 Å². The lowest BCUT2D eigenvalue weighted by Crippen LogP contribution is -2.31. The van der Waals surface area contributed by atoms with Gasteiger partial charge in [-0.2, -0.15) is 0 Å². The third-order valence-corrected chi connectivity index (χ3v) is 3.07. The zero-order valence-electron chi connectivity index (χ0n) is 12.9. The fourth-order valence-corrected chi connectivity index (χ4v) is 1.85. The van der Waals surface area contributed by atoms with Crippen LogP contribution in [0.5, 0.6) is 0 Å². The molecule has 0 radical (unpaired) electrons. The van der Waals surface area contributed by atoms with Crippen LogP contribution in [0.15, 0.2) is 36.5 Å². The standard InChI is InChI=1S/C16H18F2N4O/c1-22(2)9-8-19-16(23)14-7-6-11(10-20-14)21-15-12(17)4-3-5-13(15)18/h3-7,10,21H,8-9H2,1-2H3,(H,19,23). The smallest absolute Gasteiger partial charge is 0.269 e. The van der Waals surface area contributed by atoms with Crippen LogP contribution in [0.2, 0.25) is 0 Å². The summed E-state index contributed by atoms with van der Waals surface area (Å²) in [6.45, 7) is 1.23. The molecule has 2 rings (SSSR count). The predicted octanol–water partition coefficient (Wildman–Crippen LogP) is 2.39. The van der Waals surface area contributed by atoms with Crippen LogP contribution in [-0.4, -0.2) is 43.0 Å². The van der Waals surface area contributed by atoms with E-state index in [4.69, 9.17) is 0 Å².